The summed E-state index contributed by atoms with van der Waals surface area (Å²) in [4.78, 5) is 17.6. The first-order chi connectivity index (χ1) is 12.7. The molecule has 0 bridgehead atoms. The molecule has 0 fully saturated rings. The van der Waals surface area contributed by atoms with E-state index in [1.165, 1.54) is 5.56 Å². The lowest BCUT2D eigenvalue weighted by atomic mass is 10.1. The molecule has 0 N–H and O–H groups in total. The van der Waals surface area contributed by atoms with Gasteiger partial charge in [0, 0.05) is 19.6 Å². The molecule has 1 heterocycles. The molecule has 1 amide bonds. The Morgan fingerprint density at radius 3 is 2.77 bits per heavy atom. The number of rotatable bonds is 7. The highest BCUT2D eigenvalue weighted by Crippen LogP contribution is 2.19. The van der Waals surface area contributed by atoms with Gasteiger partial charge in [0.05, 0.1) is 16.8 Å². The lowest BCUT2D eigenvalue weighted by molar-refractivity contribution is -0.118. The van der Waals surface area contributed by atoms with Crippen molar-refractivity contribution >= 4 is 27.5 Å². The standard InChI is InChI=1S/C21H24N2O2S/c1-3-25-14-13-23-18-11-9-16(2)15-19(18)26-21(23)22-20(24)12-10-17-7-5-4-6-8-17/h4-9,11,15H,3,10,12-14H2,1-2H3. The molecule has 0 atom stereocenters. The first-order valence-electron chi connectivity index (χ1n) is 8.96. The molecule has 0 radical (unpaired) electrons. The Hall–Kier alpha value is -2.24. The zero-order valence-corrected chi connectivity index (χ0v) is 16.1. The molecule has 3 rings (SSSR count). The minimum atomic E-state index is -0.0812. The topological polar surface area (TPSA) is 43.6 Å². The van der Waals surface area contributed by atoms with E-state index in [2.05, 4.69) is 34.7 Å². The molecule has 2 aromatic carbocycles. The molecule has 3 aromatic rings. The summed E-state index contributed by atoms with van der Waals surface area (Å²) in [5, 5.41) is 0. The Morgan fingerprint density at radius 1 is 1.19 bits per heavy atom. The van der Waals surface area contributed by atoms with E-state index in [1.807, 2.05) is 37.3 Å². The Kier molecular flexibility index (Phi) is 6.36. The van der Waals surface area contributed by atoms with Gasteiger partial charge in [-0.15, -0.1) is 0 Å². The van der Waals surface area contributed by atoms with Crippen molar-refractivity contribution in [3.63, 3.8) is 0 Å². The number of carbonyl (C=O) groups is 1. The second-order valence-corrected chi connectivity index (χ2v) is 7.20. The van der Waals surface area contributed by atoms with Crippen molar-refractivity contribution in [2.24, 2.45) is 4.99 Å². The van der Waals surface area contributed by atoms with E-state index in [9.17, 15) is 4.79 Å². The molecular formula is C21H24N2O2S. The minimum absolute atomic E-state index is 0.0812. The minimum Gasteiger partial charge on any atom is -0.380 e. The number of aryl methyl sites for hydroxylation is 2. The van der Waals surface area contributed by atoms with E-state index in [4.69, 9.17) is 4.74 Å². The number of hydrogen-bond donors (Lipinski definition) is 0. The average Bonchev–Trinajstić information content (AvgIpc) is 2.97. The lowest BCUT2D eigenvalue weighted by Crippen LogP contribution is -2.19. The molecule has 4 nitrogen and oxygen atoms in total. The number of hydrogen-bond acceptors (Lipinski definition) is 3. The van der Waals surface area contributed by atoms with Crippen LogP contribution >= 0.6 is 11.3 Å². The first kappa shape index (κ1) is 18.5. The largest absolute Gasteiger partial charge is 0.380 e. The highest BCUT2D eigenvalue weighted by atomic mass is 32.1. The van der Waals surface area contributed by atoms with E-state index >= 15 is 0 Å². The van der Waals surface area contributed by atoms with Crippen LogP contribution < -0.4 is 4.80 Å². The first-order valence-corrected chi connectivity index (χ1v) is 9.78. The third-order valence-corrected chi connectivity index (χ3v) is 5.23. The molecular weight excluding hydrogens is 344 g/mol. The number of amides is 1. The van der Waals surface area contributed by atoms with Crippen LogP contribution in [0.4, 0.5) is 0 Å². The second kappa shape index (κ2) is 8.92. The van der Waals surface area contributed by atoms with Crippen molar-refractivity contribution in [1.29, 1.82) is 0 Å². The molecule has 0 saturated heterocycles. The Morgan fingerprint density at radius 2 is 2.00 bits per heavy atom. The summed E-state index contributed by atoms with van der Waals surface area (Å²) in [5.41, 5.74) is 3.47. The summed E-state index contributed by atoms with van der Waals surface area (Å²) in [6, 6.07) is 16.4. The van der Waals surface area contributed by atoms with Crippen molar-refractivity contribution in [1.82, 2.24) is 4.57 Å². The van der Waals surface area contributed by atoms with Crippen LogP contribution in [0.1, 0.15) is 24.5 Å². The predicted octanol–water partition coefficient (Wildman–Crippen LogP) is 4.11. The molecule has 5 heteroatoms. The van der Waals surface area contributed by atoms with Crippen LogP contribution in [-0.4, -0.2) is 23.7 Å². The monoisotopic (exact) mass is 368 g/mol. The van der Waals surface area contributed by atoms with Crippen LogP contribution in [0.3, 0.4) is 0 Å². The SMILES string of the molecule is CCOCCn1c(=NC(=O)CCc2ccccc2)sc2cc(C)ccc21. The van der Waals surface area contributed by atoms with Gasteiger partial charge in [0.25, 0.3) is 0 Å². The average molecular weight is 369 g/mol. The van der Waals surface area contributed by atoms with Crippen molar-refractivity contribution in [3.05, 3.63) is 64.5 Å². The van der Waals surface area contributed by atoms with Gasteiger partial charge in [0.2, 0.25) is 5.91 Å². The predicted molar refractivity (Wildman–Crippen MR) is 106 cm³/mol. The van der Waals surface area contributed by atoms with Gasteiger partial charge in [0.1, 0.15) is 0 Å². The Balaban J connectivity index is 1.85. The number of aromatic nitrogens is 1. The molecule has 0 aliphatic carbocycles. The van der Waals surface area contributed by atoms with Gasteiger partial charge >= 0.3 is 0 Å². The second-order valence-electron chi connectivity index (χ2n) is 6.20. The van der Waals surface area contributed by atoms with Crippen LogP contribution in [0.2, 0.25) is 0 Å². The summed E-state index contributed by atoms with van der Waals surface area (Å²) in [7, 11) is 0. The molecule has 0 spiro atoms. The number of fused-ring (bicyclic) bond motifs is 1. The van der Waals surface area contributed by atoms with Gasteiger partial charge in [-0.05, 0) is 43.5 Å². The van der Waals surface area contributed by atoms with Gasteiger partial charge in [-0.3, -0.25) is 4.79 Å². The molecule has 0 saturated carbocycles. The third kappa shape index (κ3) is 4.68. The van der Waals surface area contributed by atoms with E-state index in [0.717, 1.165) is 20.6 Å². The summed E-state index contributed by atoms with van der Waals surface area (Å²) < 4.78 is 8.74. The molecule has 1 aromatic heterocycles. The van der Waals surface area contributed by atoms with E-state index in [-0.39, 0.29) is 5.91 Å². The Labute approximate surface area is 157 Å². The molecule has 0 unspecified atom stereocenters. The highest BCUT2D eigenvalue weighted by molar-refractivity contribution is 7.16. The maximum Gasteiger partial charge on any atom is 0.248 e. The zero-order chi connectivity index (χ0) is 18.4. The normalized spacial score (nSPS) is 12.0. The smallest absolute Gasteiger partial charge is 0.248 e. The summed E-state index contributed by atoms with van der Waals surface area (Å²) in [6.07, 6.45) is 1.13. The van der Waals surface area contributed by atoms with E-state index < -0.39 is 0 Å². The molecule has 0 aliphatic rings. The van der Waals surface area contributed by atoms with Crippen molar-refractivity contribution in [2.75, 3.05) is 13.2 Å². The van der Waals surface area contributed by atoms with E-state index in [1.54, 1.807) is 11.3 Å². The lowest BCUT2D eigenvalue weighted by Gasteiger charge is -2.05. The number of benzene rings is 2. The number of ether oxygens (including phenoxy) is 1. The quantitative estimate of drug-likeness (QED) is 0.589. The fourth-order valence-electron chi connectivity index (χ4n) is 2.84. The molecule has 136 valence electrons. The fraction of sp³-hybridized carbons (Fsp3) is 0.333. The van der Waals surface area contributed by atoms with Crippen molar-refractivity contribution < 1.29 is 9.53 Å². The fourth-order valence-corrected chi connectivity index (χ4v) is 4.01. The van der Waals surface area contributed by atoms with Gasteiger partial charge in [-0.25, -0.2) is 0 Å². The van der Waals surface area contributed by atoms with Gasteiger partial charge < -0.3 is 9.30 Å². The van der Waals surface area contributed by atoms with Gasteiger partial charge in [-0.2, -0.15) is 4.99 Å². The maximum absolute atomic E-state index is 12.4. The highest BCUT2D eigenvalue weighted by Gasteiger charge is 2.08. The summed E-state index contributed by atoms with van der Waals surface area (Å²) in [6.45, 7) is 6.05. The third-order valence-electron chi connectivity index (χ3n) is 4.19. The number of thiazole rings is 1. The van der Waals surface area contributed by atoms with Crippen LogP contribution in [0, 0.1) is 6.92 Å². The molecule has 26 heavy (non-hydrogen) atoms. The van der Waals surface area contributed by atoms with Gasteiger partial charge in [-0.1, -0.05) is 47.7 Å². The van der Waals surface area contributed by atoms with Crippen LogP contribution in [0.15, 0.2) is 53.5 Å². The molecule has 0 aliphatic heterocycles. The zero-order valence-electron chi connectivity index (χ0n) is 15.3. The number of nitrogens with zero attached hydrogens (tertiary/aromatic N) is 2. The summed E-state index contributed by atoms with van der Waals surface area (Å²) in [5.74, 6) is -0.0812. The van der Waals surface area contributed by atoms with Crippen LogP contribution in [0.25, 0.3) is 10.2 Å². The van der Waals surface area contributed by atoms with Crippen molar-refractivity contribution in [3.8, 4) is 0 Å². The van der Waals surface area contributed by atoms with Crippen LogP contribution in [0.5, 0.6) is 0 Å². The van der Waals surface area contributed by atoms with Crippen LogP contribution in [-0.2, 0) is 22.5 Å². The number of carbonyl (C=O) groups excluding carboxylic acids is 1. The van der Waals surface area contributed by atoms with Gasteiger partial charge in [0.15, 0.2) is 4.80 Å². The maximum atomic E-state index is 12.4. The van der Waals surface area contributed by atoms with Crippen molar-refractivity contribution in [2.45, 2.75) is 33.2 Å². The Bertz CT molecular complexity index is 942. The van der Waals surface area contributed by atoms with E-state index in [0.29, 0.717) is 32.6 Å². The summed E-state index contributed by atoms with van der Waals surface area (Å²) >= 11 is 1.57.